The van der Waals surface area contributed by atoms with Gasteiger partial charge in [0.1, 0.15) is 22.3 Å². The quantitative estimate of drug-likeness (QED) is 0.382. The van der Waals surface area contributed by atoms with Crippen molar-refractivity contribution >= 4 is 32.9 Å². The molecule has 0 radical (unpaired) electrons. The first-order chi connectivity index (χ1) is 17.9. The smallest absolute Gasteiger partial charge is 0.337 e. The molecule has 0 aliphatic rings. The molecule has 0 saturated carbocycles. The van der Waals surface area contributed by atoms with Crippen LogP contribution in [-0.4, -0.2) is 50.7 Å². The van der Waals surface area contributed by atoms with Gasteiger partial charge in [0.15, 0.2) is 0 Å². The van der Waals surface area contributed by atoms with E-state index >= 15 is 0 Å². The van der Waals surface area contributed by atoms with Crippen LogP contribution in [-0.2, 0) is 30.7 Å². The van der Waals surface area contributed by atoms with Gasteiger partial charge < -0.3 is 14.2 Å². The fourth-order valence-electron chi connectivity index (χ4n) is 3.66. The van der Waals surface area contributed by atoms with Gasteiger partial charge in [-0.15, -0.1) is 0 Å². The molecule has 38 heavy (non-hydrogen) atoms. The van der Waals surface area contributed by atoms with Gasteiger partial charge in [0.25, 0.3) is 0 Å². The lowest BCUT2D eigenvalue weighted by Crippen LogP contribution is -2.37. The molecule has 10 nitrogen and oxygen atoms in total. The van der Waals surface area contributed by atoms with Crippen LogP contribution in [0.4, 0.5) is 0 Å². The normalized spacial score (nSPS) is 12.4. The molecule has 1 heterocycles. The van der Waals surface area contributed by atoms with Crippen molar-refractivity contribution in [3.8, 4) is 11.8 Å². The number of esters is 2. The molecular weight excluding hydrogens is 510 g/mol. The van der Waals surface area contributed by atoms with E-state index in [1.165, 1.54) is 25.3 Å². The number of ether oxygens (including phenoxy) is 3. The minimum Gasteiger partial charge on any atom is -0.492 e. The van der Waals surface area contributed by atoms with Crippen molar-refractivity contribution < 1.29 is 32.2 Å². The van der Waals surface area contributed by atoms with Crippen LogP contribution in [0.25, 0.3) is 10.9 Å². The highest BCUT2D eigenvalue weighted by Gasteiger charge is 2.28. The first kappa shape index (κ1) is 28.6. The topological polar surface area (TPSA) is 145 Å². The lowest BCUT2D eigenvalue weighted by atomic mass is 10.1. The number of sulfonamides is 1. The van der Waals surface area contributed by atoms with Crippen LogP contribution >= 0.6 is 0 Å². The standard InChI is InChI=1S/C27H29N3O7S/c1-27(2,3)37-25(31)16-20(17-28)30-38(33,34)24-11-10-19(26(32)35-4)15-23(24)36-14-12-18-7-5-9-22-21(18)8-6-13-29-22/h5-11,13,15,20,30H,12,14,16H2,1-4H3/t20-/m0/s1. The highest BCUT2D eigenvalue weighted by molar-refractivity contribution is 7.89. The predicted molar refractivity (Wildman–Crippen MR) is 139 cm³/mol. The van der Waals surface area contributed by atoms with Gasteiger partial charge in [-0.3, -0.25) is 9.78 Å². The zero-order chi connectivity index (χ0) is 27.9. The number of carbonyl (C=O) groups excluding carboxylic acids is 2. The van der Waals surface area contributed by atoms with Crippen molar-refractivity contribution in [2.24, 2.45) is 0 Å². The Morgan fingerprint density at radius 1 is 1.13 bits per heavy atom. The molecule has 0 bridgehead atoms. The Labute approximate surface area is 221 Å². The number of nitrogens with zero attached hydrogens (tertiary/aromatic N) is 2. The molecule has 0 saturated heterocycles. The minimum atomic E-state index is -4.34. The molecule has 0 aliphatic heterocycles. The van der Waals surface area contributed by atoms with Crippen molar-refractivity contribution in [1.82, 2.24) is 9.71 Å². The van der Waals surface area contributed by atoms with Crippen LogP contribution in [0, 0.1) is 11.3 Å². The van der Waals surface area contributed by atoms with Gasteiger partial charge in [0, 0.05) is 18.0 Å². The number of fused-ring (bicyclic) bond motifs is 1. The molecule has 0 unspecified atom stereocenters. The Morgan fingerprint density at radius 2 is 1.89 bits per heavy atom. The summed E-state index contributed by atoms with van der Waals surface area (Å²) in [6.07, 6.45) is 1.64. The number of benzene rings is 2. The summed E-state index contributed by atoms with van der Waals surface area (Å²) in [6, 6.07) is 13.6. The summed E-state index contributed by atoms with van der Waals surface area (Å²) >= 11 is 0. The largest absolute Gasteiger partial charge is 0.492 e. The van der Waals surface area contributed by atoms with E-state index in [1.54, 1.807) is 33.0 Å². The third-order valence-electron chi connectivity index (χ3n) is 5.26. The molecule has 1 atom stereocenters. The van der Waals surface area contributed by atoms with E-state index in [2.05, 4.69) is 9.71 Å². The number of pyridine rings is 1. The average molecular weight is 540 g/mol. The molecule has 3 aromatic rings. The van der Waals surface area contributed by atoms with E-state index < -0.39 is 40.0 Å². The Hall–Kier alpha value is -4.01. The summed E-state index contributed by atoms with van der Waals surface area (Å²) in [6.45, 7) is 5.08. The Kier molecular flexibility index (Phi) is 9.04. The maximum Gasteiger partial charge on any atom is 0.337 e. The fourth-order valence-corrected chi connectivity index (χ4v) is 4.93. The van der Waals surface area contributed by atoms with E-state index in [4.69, 9.17) is 14.2 Å². The number of hydrogen-bond donors (Lipinski definition) is 1. The maximum absolute atomic E-state index is 13.2. The van der Waals surface area contributed by atoms with Gasteiger partial charge in [0.2, 0.25) is 10.0 Å². The second-order valence-corrected chi connectivity index (χ2v) is 11.0. The van der Waals surface area contributed by atoms with Gasteiger partial charge in [0.05, 0.1) is 37.3 Å². The van der Waals surface area contributed by atoms with Gasteiger partial charge in [-0.05, 0) is 56.7 Å². The third kappa shape index (κ3) is 7.50. The van der Waals surface area contributed by atoms with Gasteiger partial charge in [-0.2, -0.15) is 9.98 Å². The van der Waals surface area contributed by atoms with E-state index in [9.17, 15) is 23.3 Å². The Balaban J connectivity index is 1.84. The zero-order valence-electron chi connectivity index (χ0n) is 21.6. The molecule has 2 aromatic carbocycles. The monoisotopic (exact) mass is 539 g/mol. The van der Waals surface area contributed by atoms with Crippen molar-refractivity contribution in [1.29, 1.82) is 5.26 Å². The molecule has 0 spiro atoms. The lowest BCUT2D eigenvalue weighted by molar-refractivity contribution is -0.154. The highest BCUT2D eigenvalue weighted by atomic mass is 32.2. The van der Waals surface area contributed by atoms with E-state index in [0.29, 0.717) is 6.42 Å². The number of rotatable bonds is 10. The Bertz CT molecular complexity index is 1470. The summed E-state index contributed by atoms with van der Waals surface area (Å²) in [7, 11) is -3.13. The van der Waals surface area contributed by atoms with Gasteiger partial charge in [-0.1, -0.05) is 18.2 Å². The van der Waals surface area contributed by atoms with Crippen LogP contribution in [0.2, 0.25) is 0 Å². The van der Waals surface area contributed by atoms with Crippen molar-refractivity contribution in [2.45, 2.75) is 50.2 Å². The summed E-state index contributed by atoms with van der Waals surface area (Å²) in [5.41, 5.74) is 1.06. The number of nitriles is 1. The number of aromatic nitrogens is 1. The van der Waals surface area contributed by atoms with Crippen LogP contribution < -0.4 is 9.46 Å². The summed E-state index contributed by atoms with van der Waals surface area (Å²) < 4.78 is 44.5. The molecule has 0 fully saturated rings. The lowest BCUT2D eigenvalue weighted by Gasteiger charge is -2.21. The first-order valence-electron chi connectivity index (χ1n) is 11.7. The second-order valence-electron chi connectivity index (χ2n) is 9.33. The number of hydrogen-bond acceptors (Lipinski definition) is 9. The van der Waals surface area contributed by atoms with Gasteiger partial charge >= 0.3 is 11.9 Å². The van der Waals surface area contributed by atoms with Crippen molar-refractivity contribution in [3.63, 3.8) is 0 Å². The van der Waals surface area contributed by atoms with E-state index in [0.717, 1.165) is 16.5 Å². The first-order valence-corrected chi connectivity index (χ1v) is 13.2. The molecule has 1 N–H and O–H groups in total. The number of nitrogens with one attached hydrogen (secondary N) is 1. The predicted octanol–water partition coefficient (Wildman–Crippen LogP) is 3.55. The zero-order valence-corrected chi connectivity index (χ0v) is 22.4. The molecule has 200 valence electrons. The summed E-state index contributed by atoms with van der Waals surface area (Å²) in [4.78, 5) is 28.3. The fraction of sp³-hybridized carbons (Fsp3) is 0.333. The molecular formula is C27H29N3O7S. The molecule has 1 aromatic heterocycles. The molecule has 3 rings (SSSR count). The van der Waals surface area contributed by atoms with Gasteiger partial charge in [-0.25, -0.2) is 13.2 Å². The van der Waals surface area contributed by atoms with E-state index in [1.807, 2.05) is 30.3 Å². The van der Waals surface area contributed by atoms with Crippen LogP contribution in [0.15, 0.2) is 59.6 Å². The number of carbonyl (C=O) groups is 2. The molecule has 0 amide bonds. The summed E-state index contributed by atoms with van der Waals surface area (Å²) in [5, 5.41) is 10.4. The Morgan fingerprint density at radius 3 is 2.58 bits per heavy atom. The van der Waals surface area contributed by atoms with Crippen molar-refractivity contribution in [2.75, 3.05) is 13.7 Å². The van der Waals surface area contributed by atoms with Crippen LogP contribution in [0.5, 0.6) is 5.75 Å². The maximum atomic E-state index is 13.2. The summed E-state index contributed by atoms with van der Waals surface area (Å²) in [5.74, 6) is -1.51. The molecule has 11 heteroatoms. The van der Waals surface area contributed by atoms with Crippen molar-refractivity contribution in [3.05, 3.63) is 65.9 Å². The number of methoxy groups -OCH3 is 1. The average Bonchev–Trinajstić information content (AvgIpc) is 2.86. The SMILES string of the molecule is COC(=O)c1ccc(S(=O)(=O)N[C@H](C#N)CC(=O)OC(C)(C)C)c(OCCc2cccc3ncccc23)c1. The minimum absolute atomic E-state index is 0.0841. The highest BCUT2D eigenvalue weighted by Crippen LogP contribution is 2.27. The van der Waals surface area contributed by atoms with Crippen LogP contribution in [0.3, 0.4) is 0 Å². The van der Waals surface area contributed by atoms with E-state index in [-0.39, 0.29) is 22.8 Å². The second kappa shape index (κ2) is 12.0. The third-order valence-corrected chi connectivity index (χ3v) is 6.77. The van der Waals surface area contributed by atoms with Crippen LogP contribution in [0.1, 0.15) is 43.1 Å². The molecule has 0 aliphatic carbocycles.